The Labute approximate surface area is 262 Å². The third-order valence-electron chi connectivity index (χ3n) is 9.15. The molecule has 2 aromatic carbocycles. The Morgan fingerprint density at radius 2 is 1.87 bits per heavy atom. The molecule has 2 fully saturated rings. The molecule has 1 aliphatic carbocycles. The van der Waals surface area contributed by atoms with Gasteiger partial charge in [0.05, 0.1) is 29.3 Å². The monoisotopic (exact) mass is 608 g/mol. The van der Waals surface area contributed by atoms with Crippen molar-refractivity contribution in [2.45, 2.75) is 58.5 Å². The lowest BCUT2D eigenvalue weighted by molar-refractivity contribution is -0.108. The number of allylic oxidation sites excluding steroid dienone is 2. The van der Waals surface area contributed by atoms with Crippen molar-refractivity contribution in [3.8, 4) is 17.6 Å². The minimum atomic E-state index is -0.515. The van der Waals surface area contributed by atoms with Gasteiger partial charge in [-0.25, -0.2) is 14.4 Å². The summed E-state index contributed by atoms with van der Waals surface area (Å²) in [6.07, 6.45) is 7.86. The first-order valence-electron chi connectivity index (χ1n) is 15.4. The molecule has 1 aromatic heterocycles. The molecule has 3 aliphatic rings. The molecule has 1 atom stereocenters. The summed E-state index contributed by atoms with van der Waals surface area (Å²) in [7, 11) is 0. The Kier molecular flexibility index (Phi) is 8.04. The number of rotatable bonds is 8. The zero-order valence-corrected chi connectivity index (χ0v) is 26.0. The molecule has 3 aromatic rings. The molecule has 45 heavy (non-hydrogen) atoms. The van der Waals surface area contributed by atoms with Gasteiger partial charge in [-0.15, -0.1) is 0 Å². The molecule has 0 saturated carbocycles. The number of nitriles is 1. The number of aldehydes is 1. The lowest BCUT2D eigenvalue weighted by Gasteiger charge is -2.49. The van der Waals surface area contributed by atoms with Crippen LogP contribution in [-0.2, 0) is 11.2 Å². The first-order valence-corrected chi connectivity index (χ1v) is 15.4. The second-order valence-corrected chi connectivity index (χ2v) is 12.9. The van der Waals surface area contributed by atoms with Gasteiger partial charge in [0.2, 0.25) is 0 Å². The van der Waals surface area contributed by atoms with Crippen LogP contribution in [-0.4, -0.2) is 70.2 Å². The number of carbonyl (C=O) groups excluding carboxylic acids is 2. The number of aromatic nitrogens is 2. The van der Waals surface area contributed by atoms with E-state index in [4.69, 9.17) is 4.74 Å². The van der Waals surface area contributed by atoms with Crippen molar-refractivity contribution in [2.24, 2.45) is 5.41 Å². The first kappa shape index (κ1) is 30.3. The van der Waals surface area contributed by atoms with E-state index in [1.165, 1.54) is 24.5 Å². The number of carbonyl (C=O) groups is 2. The summed E-state index contributed by atoms with van der Waals surface area (Å²) in [6.45, 7) is 10.9. The molecule has 2 aliphatic heterocycles. The topological polar surface area (TPSA) is 103 Å². The maximum Gasteiger partial charge on any atom is 0.258 e. The predicted octanol–water partition coefficient (Wildman–Crippen LogP) is 5.47. The number of nitrogens with zero attached hydrogens (tertiary/aromatic N) is 6. The van der Waals surface area contributed by atoms with E-state index in [0.717, 1.165) is 55.7 Å². The van der Waals surface area contributed by atoms with Gasteiger partial charge in [-0.2, -0.15) is 5.26 Å². The summed E-state index contributed by atoms with van der Waals surface area (Å²) in [6, 6.07) is 11.6. The van der Waals surface area contributed by atoms with Crippen LogP contribution >= 0.6 is 0 Å². The number of ether oxygens (including phenoxy) is 1. The van der Waals surface area contributed by atoms with Crippen LogP contribution in [0.2, 0.25) is 0 Å². The Bertz CT molecular complexity index is 1700. The van der Waals surface area contributed by atoms with Crippen LogP contribution < -0.4 is 9.64 Å². The van der Waals surface area contributed by atoms with Gasteiger partial charge in [-0.05, 0) is 82.0 Å². The maximum absolute atomic E-state index is 14.4. The lowest BCUT2D eigenvalue weighted by Crippen LogP contribution is -2.58. The molecule has 0 radical (unpaired) electrons. The third-order valence-corrected chi connectivity index (χ3v) is 9.15. The first-order chi connectivity index (χ1) is 21.6. The SMILES string of the molecule is CC(C)N(C(=O)c1cc(F)ccc1Oc1cncnc1N1CC2(CCN(C3=CCc4cc(C#N)ccc4C3C=O)C2)C1)C(C)C. The Balaban J connectivity index is 1.18. The number of hydrogen-bond donors (Lipinski definition) is 0. The summed E-state index contributed by atoms with van der Waals surface area (Å²) >= 11 is 0. The van der Waals surface area contributed by atoms with Crippen LogP contribution in [0.25, 0.3) is 0 Å². The standard InChI is InChI=1S/C35H37FN6O3/c1-22(2)42(23(3)4)34(44)28-14-26(36)7-10-31(28)45-32-16-38-21-39-33(32)41-19-35(20-41)11-12-40(18-35)30-9-6-25-13-24(15-37)5-8-27(25)29(30)17-43/h5,7-10,13-14,16-17,21-23,29H,6,11-12,18-20H2,1-4H3. The molecule has 9 nitrogen and oxygen atoms in total. The number of hydrogen-bond acceptors (Lipinski definition) is 8. The van der Waals surface area contributed by atoms with E-state index in [0.29, 0.717) is 23.6 Å². The fourth-order valence-electron chi connectivity index (χ4n) is 7.15. The summed E-state index contributed by atoms with van der Waals surface area (Å²) < 4.78 is 20.6. The zero-order valence-electron chi connectivity index (χ0n) is 26.0. The van der Waals surface area contributed by atoms with Crippen molar-refractivity contribution in [1.82, 2.24) is 19.8 Å². The molecule has 0 N–H and O–H groups in total. The second kappa shape index (κ2) is 12.0. The highest BCUT2D eigenvalue weighted by Crippen LogP contribution is 2.47. The Morgan fingerprint density at radius 3 is 2.58 bits per heavy atom. The minimum Gasteiger partial charge on any atom is -0.451 e. The summed E-state index contributed by atoms with van der Waals surface area (Å²) in [5, 5.41) is 9.28. The van der Waals surface area contributed by atoms with Gasteiger partial charge in [0.1, 0.15) is 24.2 Å². The fraction of sp³-hybridized carbons (Fsp3) is 0.400. The van der Waals surface area contributed by atoms with E-state index in [-0.39, 0.29) is 40.6 Å². The van der Waals surface area contributed by atoms with E-state index in [9.17, 15) is 19.2 Å². The molecule has 1 unspecified atom stereocenters. The summed E-state index contributed by atoms with van der Waals surface area (Å²) in [5.41, 5.74) is 3.83. The van der Waals surface area contributed by atoms with Crippen molar-refractivity contribution in [1.29, 1.82) is 5.26 Å². The number of anilines is 1. The number of benzene rings is 2. The number of halogens is 1. The van der Waals surface area contributed by atoms with Gasteiger partial charge in [0.25, 0.3) is 5.91 Å². The smallest absolute Gasteiger partial charge is 0.258 e. The minimum absolute atomic E-state index is 0.0352. The van der Waals surface area contributed by atoms with E-state index < -0.39 is 5.82 Å². The molecule has 6 rings (SSSR count). The third kappa shape index (κ3) is 5.63. The van der Waals surface area contributed by atoms with E-state index in [2.05, 4.69) is 31.9 Å². The average molecular weight is 609 g/mol. The highest BCUT2D eigenvalue weighted by molar-refractivity contribution is 5.97. The van der Waals surface area contributed by atoms with Crippen LogP contribution in [0, 0.1) is 22.6 Å². The van der Waals surface area contributed by atoms with Crippen molar-refractivity contribution >= 4 is 18.0 Å². The predicted molar refractivity (Wildman–Crippen MR) is 168 cm³/mol. The van der Waals surface area contributed by atoms with Crippen molar-refractivity contribution in [3.05, 3.63) is 88.8 Å². The molecule has 10 heteroatoms. The van der Waals surface area contributed by atoms with Crippen LogP contribution in [0.5, 0.6) is 11.5 Å². The van der Waals surface area contributed by atoms with E-state index in [1.807, 2.05) is 39.8 Å². The molecule has 1 spiro atoms. The van der Waals surface area contributed by atoms with Crippen LogP contribution in [0.15, 0.2) is 60.7 Å². The normalized spacial score (nSPS) is 18.4. The van der Waals surface area contributed by atoms with Crippen LogP contribution in [0.4, 0.5) is 10.2 Å². The molecule has 2 saturated heterocycles. The largest absolute Gasteiger partial charge is 0.451 e. The molecule has 1 amide bonds. The quantitative estimate of drug-likeness (QED) is 0.310. The average Bonchev–Trinajstić information content (AvgIpc) is 3.46. The van der Waals surface area contributed by atoms with Gasteiger partial charge in [-0.1, -0.05) is 12.1 Å². The Hall–Kier alpha value is -4.78. The van der Waals surface area contributed by atoms with Crippen molar-refractivity contribution < 1.29 is 18.7 Å². The van der Waals surface area contributed by atoms with Gasteiger partial charge in [0, 0.05) is 49.4 Å². The maximum atomic E-state index is 14.4. The molecule has 3 heterocycles. The lowest BCUT2D eigenvalue weighted by atomic mass is 9.79. The second-order valence-electron chi connectivity index (χ2n) is 12.9. The highest BCUT2D eigenvalue weighted by atomic mass is 19.1. The van der Waals surface area contributed by atoms with Crippen LogP contribution in [0.3, 0.4) is 0 Å². The zero-order chi connectivity index (χ0) is 31.9. The highest BCUT2D eigenvalue weighted by Gasteiger charge is 2.50. The van der Waals surface area contributed by atoms with Gasteiger partial charge in [-0.3, -0.25) is 4.79 Å². The molecule has 232 valence electrons. The van der Waals surface area contributed by atoms with Crippen molar-refractivity contribution in [3.63, 3.8) is 0 Å². The molecular formula is C35H37FN6O3. The van der Waals surface area contributed by atoms with E-state index >= 15 is 0 Å². The van der Waals surface area contributed by atoms with E-state index in [1.54, 1.807) is 17.2 Å². The number of fused-ring (bicyclic) bond motifs is 1. The number of amides is 1. The Morgan fingerprint density at radius 1 is 1.11 bits per heavy atom. The van der Waals surface area contributed by atoms with Crippen LogP contribution in [0.1, 0.15) is 67.1 Å². The number of likely N-dealkylation sites (tertiary alicyclic amines) is 1. The summed E-state index contributed by atoms with van der Waals surface area (Å²) in [5.74, 6) is 0.0974. The fourth-order valence-corrected chi connectivity index (χ4v) is 7.15. The summed E-state index contributed by atoms with van der Waals surface area (Å²) in [4.78, 5) is 40.7. The van der Waals surface area contributed by atoms with Crippen molar-refractivity contribution in [2.75, 3.05) is 31.1 Å². The molecule has 0 bridgehead atoms. The van der Waals surface area contributed by atoms with Gasteiger partial charge >= 0.3 is 0 Å². The van der Waals surface area contributed by atoms with Gasteiger partial charge < -0.3 is 24.2 Å². The molecular weight excluding hydrogens is 571 g/mol. The van der Waals surface area contributed by atoms with Gasteiger partial charge in [0.15, 0.2) is 11.6 Å².